The van der Waals surface area contributed by atoms with E-state index >= 15 is 0 Å². The van der Waals surface area contributed by atoms with Gasteiger partial charge in [-0.2, -0.15) is 0 Å². The Kier molecular flexibility index (Phi) is 4.89. The van der Waals surface area contributed by atoms with Gasteiger partial charge in [0.15, 0.2) is 0 Å². The molecule has 0 unspecified atom stereocenters. The number of carbonyl (C=O) groups excluding carboxylic acids is 2. The summed E-state index contributed by atoms with van der Waals surface area (Å²) in [5, 5.41) is 2.58. The minimum atomic E-state index is -0.456. The monoisotopic (exact) mass is 233 g/mol. The summed E-state index contributed by atoms with van der Waals surface area (Å²) in [6.07, 6.45) is 1.08. The first-order chi connectivity index (χ1) is 8.13. The number of aldehydes is 1. The Morgan fingerprint density at radius 3 is 2.94 bits per heavy atom. The van der Waals surface area contributed by atoms with E-state index < -0.39 is 5.82 Å². The molecule has 0 aliphatic rings. The van der Waals surface area contributed by atoms with Crippen LogP contribution in [-0.2, 0) is 4.79 Å². The van der Waals surface area contributed by atoms with E-state index in [1.54, 1.807) is 0 Å². The van der Waals surface area contributed by atoms with Crippen LogP contribution >= 0.6 is 0 Å². The van der Waals surface area contributed by atoms with Crippen LogP contribution in [0.3, 0.4) is 0 Å². The Hall–Kier alpha value is -2.15. The Labute approximate surface area is 99.0 Å². The molecule has 17 heavy (non-hydrogen) atoms. The zero-order valence-electron chi connectivity index (χ0n) is 9.42. The summed E-state index contributed by atoms with van der Waals surface area (Å²) in [4.78, 5) is 21.1. The predicted octanol–water partition coefficient (Wildman–Crippen LogP) is 1.52. The van der Waals surface area contributed by atoms with E-state index in [-0.39, 0.29) is 11.5 Å². The van der Waals surface area contributed by atoms with E-state index in [9.17, 15) is 14.0 Å². The first-order valence-electron chi connectivity index (χ1n) is 5.11. The number of benzene rings is 1. The lowest BCUT2D eigenvalue weighted by atomic mass is 10.1. The lowest BCUT2D eigenvalue weighted by Gasteiger charge is -1.96. The second kappa shape index (κ2) is 6.44. The smallest absolute Gasteiger partial charge is 0.216 e. The molecule has 0 aliphatic heterocycles. The molecule has 1 aromatic carbocycles. The lowest BCUT2D eigenvalue weighted by molar-refractivity contribution is -0.118. The zero-order chi connectivity index (χ0) is 12.7. The van der Waals surface area contributed by atoms with Crippen LogP contribution in [0, 0.1) is 17.7 Å². The molecule has 88 valence electrons. The van der Waals surface area contributed by atoms with Gasteiger partial charge in [-0.3, -0.25) is 9.59 Å². The van der Waals surface area contributed by atoms with Crippen LogP contribution in [0.1, 0.15) is 29.3 Å². The summed E-state index contributed by atoms with van der Waals surface area (Å²) >= 11 is 0. The van der Waals surface area contributed by atoms with Crippen LogP contribution in [0.2, 0.25) is 0 Å². The van der Waals surface area contributed by atoms with Crippen molar-refractivity contribution in [3.8, 4) is 11.8 Å². The van der Waals surface area contributed by atoms with Crippen molar-refractivity contribution < 1.29 is 14.0 Å². The highest BCUT2D eigenvalue weighted by molar-refractivity contribution is 5.75. The maximum absolute atomic E-state index is 13.3. The molecule has 0 atom stereocenters. The topological polar surface area (TPSA) is 46.2 Å². The van der Waals surface area contributed by atoms with Crippen molar-refractivity contribution in [1.29, 1.82) is 0 Å². The van der Waals surface area contributed by atoms with E-state index in [0.717, 1.165) is 0 Å². The average Bonchev–Trinajstić information content (AvgIpc) is 2.30. The molecule has 1 aromatic rings. The van der Waals surface area contributed by atoms with Gasteiger partial charge in [0.2, 0.25) is 5.91 Å². The van der Waals surface area contributed by atoms with Crippen LogP contribution in [0.25, 0.3) is 0 Å². The molecule has 0 spiro atoms. The molecule has 1 rings (SSSR count). The Balaban J connectivity index is 2.64. The van der Waals surface area contributed by atoms with E-state index in [2.05, 4.69) is 17.2 Å². The number of amides is 1. The summed E-state index contributed by atoms with van der Waals surface area (Å²) in [6, 6.07) is 4.00. The second-order valence-corrected chi connectivity index (χ2v) is 3.39. The molecule has 3 nitrogen and oxygen atoms in total. The van der Waals surface area contributed by atoms with E-state index in [1.807, 2.05) is 0 Å². The number of carbonyl (C=O) groups is 2. The lowest BCUT2D eigenvalue weighted by Crippen LogP contribution is -2.20. The van der Waals surface area contributed by atoms with Crippen LogP contribution < -0.4 is 5.32 Å². The van der Waals surface area contributed by atoms with Gasteiger partial charge in [0.05, 0.1) is 5.56 Å². The third kappa shape index (κ3) is 4.47. The number of hydrogen-bond donors (Lipinski definition) is 1. The maximum Gasteiger partial charge on any atom is 0.216 e. The SMILES string of the molecule is CC(=O)NCCC#Cc1cc(C=O)ccc1F. The highest BCUT2D eigenvalue weighted by Crippen LogP contribution is 2.07. The number of hydrogen-bond acceptors (Lipinski definition) is 2. The van der Waals surface area contributed by atoms with Crippen molar-refractivity contribution in [2.24, 2.45) is 0 Å². The van der Waals surface area contributed by atoms with E-state index in [1.165, 1.54) is 25.1 Å². The van der Waals surface area contributed by atoms with Crippen molar-refractivity contribution >= 4 is 12.2 Å². The summed E-state index contributed by atoms with van der Waals surface area (Å²) in [5.41, 5.74) is 0.579. The Bertz CT molecular complexity index is 486. The van der Waals surface area contributed by atoms with E-state index in [4.69, 9.17) is 0 Å². The van der Waals surface area contributed by atoms with Crippen molar-refractivity contribution in [2.45, 2.75) is 13.3 Å². The van der Waals surface area contributed by atoms with Crippen LogP contribution in [0.4, 0.5) is 4.39 Å². The van der Waals surface area contributed by atoms with Gasteiger partial charge in [0, 0.05) is 25.5 Å². The van der Waals surface area contributed by atoms with Gasteiger partial charge in [0.1, 0.15) is 12.1 Å². The third-order valence-corrected chi connectivity index (χ3v) is 1.97. The molecule has 4 heteroatoms. The maximum atomic E-state index is 13.3. The molecule has 0 saturated heterocycles. The second-order valence-electron chi connectivity index (χ2n) is 3.39. The molecular weight excluding hydrogens is 221 g/mol. The summed E-state index contributed by atoms with van der Waals surface area (Å²) in [6.45, 7) is 1.85. The summed E-state index contributed by atoms with van der Waals surface area (Å²) in [7, 11) is 0. The third-order valence-electron chi connectivity index (χ3n) is 1.97. The molecule has 0 bridgehead atoms. The van der Waals surface area contributed by atoms with Gasteiger partial charge in [-0.15, -0.1) is 0 Å². The molecule has 1 amide bonds. The molecule has 0 saturated carbocycles. The summed E-state index contributed by atoms with van der Waals surface area (Å²) in [5.74, 6) is 4.77. The fraction of sp³-hybridized carbons (Fsp3) is 0.231. The normalized spacial score (nSPS) is 9.06. The van der Waals surface area contributed by atoms with Crippen molar-refractivity contribution in [3.05, 3.63) is 35.1 Å². The van der Waals surface area contributed by atoms with Gasteiger partial charge < -0.3 is 5.32 Å². The molecule has 0 aliphatic carbocycles. The molecule has 0 heterocycles. The fourth-order valence-corrected chi connectivity index (χ4v) is 1.17. The molecule has 0 aromatic heterocycles. The van der Waals surface area contributed by atoms with E-state index in [0.29, 0.717) is 24.8 Å². The quantitative estimate of drug-likeness (QED) is 0.488. The van der Waals surface area contributed by atoms with Crippen molar-refractivity contribution in [1.82, 2.24) is 5.32 Å². The largest absolute Gasteiger partial charge is 0.355 e. The minimum Gasteiger partial charge on any atom is -0.355 e. The van der Waals surface area contributed by atoms with Gasteiger partial charge in [-0.05, 0) is 18.2 Å². The molecule has 0 radical (unpaired) electrons. The number of rotatable bonds is 3. The predicted molar refractivity (Wildman–Crippen MR) is 62.0 cm³/mol. The van der Waals surface area contributed by atoms with Gasteiger partial charge in [0.25, 0.3) is 0 Å². The van der Waals surface area contributed by atoms with Crippen LogP contribution in [0.15, 0.2) is 18.2 Å². The first kappa shape index (κ1) is 12.9. The first-order valence-corrected chi connectivity index (χ1v) is 5.11. The summed E-state index contributed by atoms with van der Waals surface area (Å²) < 4.78 is 13.3. The highest BCUT2D eigenvalue weighted by Gasteiger charge is 1.99. The molecule has 1 N–H and O–H groups in total. The van der Waals surface area contributed by atoms with Gasteiger partial charge >= 0.3 is 0 Å². The average molecular weight is 233 g/mol. The van der Waals surface area contributed by atoms with Gasteiger partial charge in [-0.1, -0.05) is 11.8 Å². The minimum absolute atomic E-state index is 0.124. The fourth-order valence-electron chi connectivity index (χ4n) is 1.17. The number of halogens is 1. The number of nitrogens with one attached hydrogen (secondary N) is 1. The Morgan fingerprint density at radius 2 is 2.29 bits per heavy atom. The van der Waals surface area contributed by atoms with Crippen LogP contribution in [-0.4, -0.2) is 18.7 Å². The zero-order valence-corrected chi connectivity index (χ0v) is 9.42. The van der Waals surface area contributed by atoms with Crippen LogP contribution in [0.5, 0.6) is 0 Å². The molecule has 0 fully saturated rings. The Morgan fingerprint density at radius 1 is 1.53 bits per heavy atom. The van der Waals surface area contributed by atoms with Crippen molar-refractivity contribution in [2.75, 3.05) is 6.54 Å². The standard InChI is InChI=1S/C13H12FNO2/c1-10(17)15-7-3-2-4-12-8-11(9-16)5-6-13(12)14/h5-6,8-9H,3,7H2,1H3,(H,15,17). The van der Waals surface area contributed by atoms with Gasteiger partial charge in [-0.25, -0.2) is 4.39 Å². The highest BCUT2D eigenvalue weighted by atomic mass is 19.1. The molecular formula is C13H12FNO2. The van der Waals surface area contributed by atoms with Crippen molar-refractivity contribution in [3.63, 3.8) is 0 Å².